The summed E-state index contributed by atoms with van der Waals surface area (Å²) in [5.74, 6) is 0.647. The maximum Gasteiger partial charge on any atom is 0.205 e. The lowest BCUT2D eigenvalue weighted by atomic mass is 9.98. The van der Waals surface area contributed by atoms with E-state index in [1.54, 1.807) is 24.6 Å². The number of carbonyl (C=O) groups is 1. The molecule has 0 N–H and O–H groups in total. The number of ketones is 1. The third-order valence-electron chi connectivity index (χ3n) is 6.00. The van der Waals surface area contributed by atoms with Gasteiger partial charge in [-0.25, -0.2) is 4.39 Å². The summed E-state index contributed by atoms with van der Waals surface area (Å²) >= 11 is 0. The molecular weight excluding hydrogens is 433 g/mol. The van der Waals surface area contributed by atoms with Gasteiger partial charge in [0.2, 0.25) is 5.75 Å². The number of ether oxygens (including phenoxy) is 2. The summed E-state index contributed by atoms with van der Waals surface area (Å²) in [5.41, 5.74) is 3.80. The highest BCUT2D eigenvalue weighted by Crippen LogP contribution is 2.43. The number of carbonyl (C=O) groups excluding carboxylic acids is 1. The minimum Gasteiger partial charge on any atom is -0.488 e. The lowest BCUT2D eigenvalue weighted by molar-refractivity contribution is 0.101. The van der Waals surface area contributed by atoms with Crippen LogP contribution in [0.15, 0.2) is 65.4 Å². The smallest absolute Gasteiger partial charge is 0.205 e. The van der Waals surface area contributed by atoms with E-state index < -0.39 is 0 Å². The molecule has 0 saturated heterocycles. The molecule has 0 radical (unpaired) electrons. The number of furan rings is 1. The van der Waals surface area contributed by atoms with E-state index in [2.05, 4.69) is 11.9 Å². The maximum atomic E-state index is 13.3. The van der Waals surface area contributed by atoms with E-state index in [-0.39, 0.29) is 17.5 Å². The van der Waals surface area contributed by atoms with Gasteiger partial charge in [0.1, 0.15) is 5.82 Å². The molecule has 34 heavy (non-hydrogen) atoms. The molecular formula is C28H28FNO4. The summed E-state index contributed by atoms with van der Waals surface area (Å²) in [6.07, 6.45) is 4.62. The Labute approximate surface area is 198 Å². The number of halogens is 1. The molecule has 6 heteroatoms. The van der Waals surface area contributed by atoms with Gasteiger partial charge in [0, 0.05) is 23.7 Å². The first-order valence-electron chi connectivity index (χ1n) is 11.4. The molecule has 0 aliphatic carbocycles. The molecule has 5 nitrogen and oxygen atoms in total. The molecule has 4 aromatic rings. The van der Waals surface area contributed by atoms with Crippen LogP contribution in [0.5, 0.6) is 11.5 Å². The van der Waals surface area contributed by atoms with E-state index >= 15 is 0 Å². The molecule has 2 aromatic heterocycles. The average Bonchev–Trinajstić information content (AvgIpc) is 3.32. The van der Waals surface area contributed by atoms with Gasteiger partial charge in [-0.15, -0.1) is 0 Å². The second-order valence-electron chi connectivity index (χ2n) is 8.39. The van der Waals surface area contributed by atoms with Crippen molar-refractivity contribution in [2.24, 2.45) is 0 Å². The van der Waals surface area contributed by atoms with Crippen LogP contribution in [0.4, 0.5) is 4.39 Å². The zero-order chi connectivity index (χ0) is 24.1. The Morgan fingerprint density at radius 3 is 2.53 bits per heavy atom. The summed E-state index contributed by atoms with van der Waals surface area (Å²) in [6.45, 7) is 6.21. The number of benzene rings is 2. The molecule has 2 heterocycles. The number of hydrogen-bond donors (Lipinski definition) is 0. The number of aromatic nitrogens is 1. The SMILES string of the molecule is CC(=O)c1c(OCCc2ccccn2)c(OCCC(C)c2ccc(F)cc2)c2occc2c1C. The fourth-order valence-electron chi connectivity index (χ4n) is 4.09. The summed E-state index contributed by atoms with van der Waals surface area (Å²) in [5, 5.41) is 0.823. The van der Waals surface area contributed by atoms with Crippen molar-refractivity contribution in [3.8, 4) is 11.5 Å². The number of nitrogens with zero attached hydrogens (tertiary/aromatic N) is 1. The second-order valence-corrected chi connectivity index (χ2v) is 8.39. The second kappa shape index (κ2) is 10.5. The van der Waals surface area contributed by atoms with E-state index in [4.69, 9.17) is 13.9 Å². The van der Waals surface area contributed by atoms with Crippen LogP contribution >= 0.6 is 0 Å². The van der Waals surface area contributed by atoms with Crippen LogP contribution in [0.2, 0.25) is 0 Å². The predicted molar refractivity (Wildman–Crippen MR) is 129 cm³/mol. The third kappa shape index (κ3) is 5.11. The number of pyridine rings is 1. The van der Waals surface area contributed by atoms with Gasteiger partial charge >= 0.3 is 0 Å². The van der Waals surface area contributed by atoms with Crippen molar-refractivity contribution in [2.75, 3.05) is 13.2 Å². The first-order valence-corrected chi connectivity index (χ1v) is 11.4. The third-order valence-corrected chi connectivity index (χ3v) is 6.00. The number of fused-ring (bicyclic) bond motifs is 1. The topological polar surface area (TPSA) is 61.6 Å². The fourth-order valence-corrected chi connectivity index (χ4v) is 4.09. The molecule has 0 saturated carbocycles. The van der Waals surface area contributed by atoms with Crippen LogP contribution in [0.1, 0.15) is 53.4 Å². The highest BCUT2D eigenvalue weighted by Gasteiger charge is 2.25. The van der Waals surface area contributed by atoms with Gasteiger partial charge in [0.05, 0.1) is 25.0 Å². The summed E-state index contributed by atoms with van der Waals surface area (Å²) in [4.78, 5) is 17.0. The van der Waals surface area contributed by atoms with Crippen LogP contribution < -0.4 is 9.47 Å². The number of Topliss-reactive ketones (excluding diaryl/α,β-unsaturated/α-hetero) is 1. The molecule has 0 amide bonds. The lowest BCUT2D eigenvalue weighted by Gasteiger charge is -2.19. The van der Waals surface area contributed by atoms with Gasteiger partial charge < -0.3 is 13.9 Å². The van der Waals surface area contributed by atoms with E-state index in [0.29, 0.717) is 48.7 Å². The minimum atomic E-state index is -0.253. The van der Waals surface area contributed by atoms with Crippen LogP contribution in [-0.2, 0) is 6.42 Å². The molecule has 0 bridgehead atoms. The predicted octanol–water partition coefficient (Wildman–Crippen LogP) is 6.67. The fraction of sp³-hybridized carbons (Fsp3) is 0.286. The average molecular weight is 462 g/mol. The van der Waals surface area contributed by atoms with Gasteiger partial charge in [0.15, 0.2) is 17.1 Å². The van der Waals surface area contributed by atoms with E-state index in [1.165, 1.54) is 19.1 Å². The minimum absolute atomic E-state index is 0.0991. The van der Waals surface area contributed by atoms with Crippen LogP contribution in [0.3, 0.4) is 0 Å². The highest BCUT2D eigenvalue weighted by molar-refractivity contribution is 6.05. The lowest BCUT2D eigenvalue weighted by Crippen LogP contribution is -2.11. The van der Waals surface area contributed by atoms with Gasteiger partial charge in [-0.3, -0.25) is 9.78 Å². The molecule has 0 aliphatic heterocycles. The van der Waals surface area contributed by atoms with Crippen molar-refractivity contribution in [2.45, 2.75) is 39.5 Å². The van der Waals surface area contributed by atoms with Crippen molar-refractivity contribution >= 4 is 16.8 Å². The Bertz CT molecular complexity index is 1270. The summed E-state index contributed by atoms with van der Waals surface area (Å²) < 4.78 is 31.4. The Morgan fingerprint density at radius 1 is 1.06 bits per heavy atom. The quantitative estimate of drug-likeness (QED) is 0.247. The standard InChI is InChI=1S/C28H28FNO4/c1-18(21-7-9-22(29)10-8-21)11-15-34-28-26-24(13-17-32-26)19(2)25(20(3)31)27(28)33-16-12-23-6-4-5-14-30-23/h4-10,13-14,17-18H,11-12,15-16H2,1-3H3. The van der Waals surface area contributed by atoms with Gasteiger partial charge in [-0.1, -0.05) is 25.1 Å². The Kier molecular flexibility index (Phi) is 7.26. The van der Waals surface area contributed by atoms with E-state index in [1.807, 2.05) is 31.2 Å². The normalized spacial score (nSPS) is 12.0. The first kappa shape index (κ1) is 23.5. The molecule has 1 unspecified atom stereocenters. The maximum absolute atomic E-state index is 13.3. The number of aryl methyl sites for hydroxylation is 1. The molecule has 1 atom stereocenters. The van der Waals surface area contributed by atoms with Crippen LogP contribution in [0, 0.1) is 12.7 Å². The molecule has 0 spiro atoms. The number of rotatable bonds is 10. The molecule has 0 aliphatic rings. The summed E-state index contributed by atoms with van der Waals surface area (Å²) in [6, 6.07) is 14.1. The van der Waals surface area contributed by atoms with Gasteiger partial charge in [0.25, 0.3) is 0 Å². The van der Waals surface area contributed by atoms with Crippen LogP contribution in [-0.4, -0.2) is 24.0 Å². The molecule has 4 rings (SSSR count). The van der Waals surface area contributed by atoms with Crippen molar-refractivity contribution in [1.29, 1.82) is 0 Å². The number of hydrogen-bond acceptors (Lipinski definition) is 5. The Hall–Kier alpha value is -3.67. The Morgan fingerprint density at radius 2 is 1.82 bits per heavy atom. The molecule has 176 valence electrons. The first-order chi connectivity index (χ1) is 16.5. The van der Waals surface area contributed by atoms with Crippen molar-refractivity contribution in [3.63, 3.8) is 0 Å². The van der Waals surface area contributed by atoms with Gasteiger partial charge in [-0.05, 0) is 67.6 Å². The van der Waals surface area contributed by atoms with E-state index in [9.17, 15) is 9.18 Å². The zero-order valence-corrected chi connectivity index (χ0v) is 19.6. The highest BCUT2D eigenvalue weighted by atomic mass is 19.1. The van der Waals surface area contributed by atoms with Crippen molar-refractivity contribution in [1.82, 2.24) is 4.98 Å². The van der Waals surface area contributed by atoms with E-state index in [0.717, 1.165) is 22.2 Å². The van der Waals surface area contributed by atoms with Gasteiger partial charge in [-0.2, -0.15) is 0 Å². The monoisotopic (exact) mass is 461 g/mol. The van der Waals surface area contributed by atoms with Crippen LogP contribution in [0.25, 0.3) is 11.0 Å². The largest absolute Gasteiger partial charge is 0.488 e. The zero-order valence-electron chi connectivity index (χ0n) is 19.6. The van der Waals surface area contributed by atoms with Crippen molar-refractivity contribution in [3.05, 3.63) is 89.2 Å². The molecule has 2 aromatic carbocycles. The summed E-state index contributed by atoms with van der Waals surface area (Å²) in [7, 11) is 0. The van der Waals surface area contributed by atoms with Crippen molar-refractivity contribution < 1.29 is 23.1 Å². The molecule has 0 fully saturated rings. The Balaban J connectivity index is 1.58.